The van der Waals surface area contributed by atoms with Crippen LogP contribution in [-0.2, 0) is 4.79 Å². The van der Waals surface area contributed by atoms with Crippen molar-refractivity contribution in [2.75, 3.05) is 0 Å². The molecule has 0 radical (unpaired) electrons. The number of nitrogens with zero attached hydrogens (tertiary/aromatic N) is 3. The van der Waals surface area contributed by atoms with Gasteiger partial charge in [-0.15, -0.1) is 5.10 Å². The van der Waals surface area contributed by atoms with Gasteiger partial charge in [0, 0.05) is 17.5 Å². The van der Waals surface area contributed by atoms with Gasteiger partial charge in [-0.2, -0.15) is 9.50 Å². The minimum Gasteiger partial charge on any atom is -0.426 e. The first-order valence-corrected chi connectivity index (χ1v) is 10.5. The predicted octanol–water partition coefficient (Wildman–Crippen LogP) is 4.21. The van der Waals surface area contributed by atoms with Crippen LogP contribution < -0.4 is 14.8 Å². The quantitative estimate of drug-likeness (QED) is 0.338. The van der Waals surface area contributed by atoms with Crippen molar-refractivity contribution < 1.29 is 9.53 Å². The number of aryl methyl sites for hydroxylation is 2. The molecule has 152 valence electrons. The molecule has 9 heteroatoms. The molecule has 2 aromatic carbocycles. The topological polar surface area (TPSA) is 73.6 Å². The highest BCUT2D eigenvalue weighted by molar-refractivity contribution is 7.15. The van der Waals surface area contributed by atoms with Crippen molar-refractivity contribution in [3.8, 4) is 17.1 Å². The molecular weight excluding hydrogens is 445 g/mol. The molecule has 0 spiro atoms. The van der Waals surface area contributed by atoms with E-state index in [1.54, 1.807) is 24.3 Å². The lowest BCUT2D eigenvalue weighted by Crippen LogP contribution is -2.23. The van der Waals surface area contributed by atoms with E-state index in [0.717, 1.165) is 16.7 Å². The number of benzene rings is 2. The highest BCUT2D eigenvalue weighted by Gasteiger charge is 2.15. The zero-order valence-electron chi connectivity index (χ0n) is 16.2. The first kappa shape index (κ1) is 20.5. The summed E-state index contributed by atoms with van der Waals surface area (Å²) in [6.45, 7) is 5.07. The van der Waals surface area contributed by atoms with Gasteiger partial charge in [-0.25, -0.2) is 0 Å². The maximum Gasteiger partial charge on any atom is 0.308 e. The molecule has 0 fully saturated rings. The van der Waals surface area contributed by atoms with Crippen LogP contribution in [0, 0.1) is 13.8 Å². The number of rotatable bonds is 3. The monoisotopic (exact) mass is 459 g/mol. The van der Waals surface area contributed by atoms with Crippen LogP contribution in [0.2, 0.25) is 10.0 Å². The van der Waals surface area contributed by atoms with Gasteiger partial charge in [-0.1, -0.05) is 34.5 Å². The molecule has 0 bridgehead atoms. The fourth-order valence-electron chi connectivity index (χ4n) is 3.14. The Morgan fingerprint density at radius 1 is 1.17 bits per heavy atom. The lowest BCUT2D eigenvalue weighted by atomic mass is 10.1. The summed E-state index contributed by atoms with van der Waals surface area (Å²) in [4.78, 5) is 29.0. The second-order valence-electron chi connectivity index (χ2n) is 6.75. The van der Waals surface area contributed by atoms with E-state index in [-0.39, 0.29) is 11.5 Å². The zero-order valence-corrected chi connectivity index (χ0v) is 18.5. The molecule has 6 nitrogen and oxygen atoms in total. The van der Waals surface area contributed by atoms with E-state index < -0.39 is 0 Å². The molecule has 4 aromatic rings. The first-order chi connectivity index (χ1) is 14.2. The van der Waals surface area contributed by atoms with E-state index in [2.05, 4.69) is 10.1 Å². The summed E-state index contributed by atoms with van der Waals surface area (Å²) in [5.41, 5.74) is 2.78. The van der Waals surface area contributed by atoms with E-state index in [4.69, 9.17) is 27.9 Å². The van der Waals surface area contributed by atoms with Crippen molar-refractivity contribution in [2.45, 2.75) is 20.8 Å². The lowest BCUT2D eigenvalue weighted by molar-refractivity contribution is -0.131. The number of hydrogen-bond donors (Lipinski definition) is 0. The van der Waals surface area contributed by atoms with Gasteiger partial charge in [0.15, 0.2) is 5.82 Å². The van der Waals surface area contributed by atoms with Gasteiger partial charge in [-0.05, 0) is 66.9 Å². The van der Waals surface area contributed by atoms with Crippen molar-refractivity contribution >= 4 is 51.5 Å². The molecule has 0 aliphatic rings. The molecule has 0 aliphatic carbocycles. The number of ether oxygens (including phenoxy) is 1. The standard InChI is InChI=1S/C21H15Cl2N3O3S/c1-10-6-13(7-11(2)18(10)29-12(3)27)8-17-20(28)26-21(30-17)24-19(25-26)15-5-4-14(22)9-16(15)23/h4-9H,1-3H3. The third-order valence-electron chi connectivity index (χ3n) is 4.38. The van der Waals surface area contributed by atoms with Crippen molar-refractivity contribution in [1.29, 1.82) is 0 Å². The maximum absolute atomic E-state index is 12.8. The third-order valence-corrected chi connectivity index (χ3v) is 5.89. The Morgan fingerprint density at radius 3 is 2.47 bits per heavy atom. The summed E-state index contributed by atoms with van der Waals surface area (Å²) in [6.07, 6.45) is 1.77. The second-order valence-corrected chi connectivity index (χ2v) is 8.60. The highest BCUT2D eigenvalue weighted by atomic mass is 35.5. The molecule has 0 unspecified atom stereocenters. The van der Waals surface area contributed by atoms with Gasteiger partial charge in [0.2, 0.25) is 4.96 Å². The molecule has 0 atom stereocenters. The second kappa shape index (κ2) is 7.83. The predicted molar refractivity (Wildman–Crippen MR) is 119 cm³/mol. The van der Waals surface area contributed by atoms with Crippen LogP contribution in [-0.4, -0.2) is 20.6 Å². The number of fused-ring (bicyclic) bond motifs is 1. The van der Waals surface area contributed by atoms with Crippen molar-refractivity contribution in [3.63, 3.8) is 0 Å². The van der Waals surface area contributed by atoms with Crippen LogP contribution in [0.5, 0.6) is 5.75 Å². The number of hydrogen-bond acceptors (Lipinski definition) is 6. The van der Waals surface area contributed by atoms with Crippen LogP contribution in [0.1, 0.15) is 23.6 Å². The summed E-state index contributed by atoms with van der Waals surface area (Å²) in [5, 5.41) is 5.24. The van der Waals surface area contributed by atoms with E-state index in [9.17, 15) is 9.59 Å². The highest BCUT2D eigenvalue weighted by Crippen LogP contribution is 2.29. The van der Waals surface area contributed by atoms with Gasteiger partial charge < -0.3 is 4.74 Å². The summed E-state index contributed by atoms with van der Waals surface area (Å²) >= 11 is 13.4. The number of carbonyl (C=O) groups is 1. The summed E-state index contributed by atoms with van der Waals surface area (Å²) in [7, 11) is 0. The summed E-state index contributed by atoms with van der Waals surface area (Å²) in [6, 6.07) is 8.74. The zero-order chi connectivity index (χ0) is 21.6. The molecule has 2 heterocycles. The number of aromatic nitrogens is 3. The first-order valence-electron chi connectivity index (χ1n) is 8.89. The van der Waals surface area contributed by atoms with E-state index >= 15 is 0 Å². The van der Waals surface area contributed by atoms with Crippen LogP contribution in [0.25, 0.3) is 22.4 Å². The number of esters is 1. The molecular formula is C21H15Cl2N3O3S. The van der Waals surface area contributed by atoms with Crippen molar-refractivity contribution in [2.24, 2.45) is 0 Å². The Kier molecular flexibility index (Phi) is 5.36. The van der Waals surface area contributed by atoms with Crippen LogP contribution in [0.4, 0.5) is 0 Å². The third kappa shape index (κ3) is 3.84. The lowest BCUT2D eigenvalue weighted by Gasteiger charge is -2.10. The molecule has 2 aromatic heterocycles. The molecule has 0 saturated heterocycles. The minimum atomic E-state index is -0.373. The number of carbonyl (C=O) groups excluding carboxylic acids is 1. The van der Waals surface area contributed by atoms with Crippen LogP contribution >= 0.6 is 34.5 Å². The molecule has 0 N–H and O–H groups in total. The molecule has 4 rings (SSSR count). The average molecular weight is 460 g/mol. The van der Waals surface area contributed by atoms with Crippen LogP contribution in [0.3, 0.4) is 0 Å². The normalized spacial score (nSPS) is 12.0. The summed E-state index contributed by atoms with van der Waals surface area (Å²) in [5.74, 6) is 0.528. The largest absolute Gasteiger partial charge is 0.426 e. The van der Waals surface area contributed by atoms with Gasteiger partial charge in [0.25, 0.3) is 5.56 Å². The summed E-state index contributed by atoms with van der Waals surface area (Å²) < 4.78 is 7.02. The van der Waals surface area contributed by atoms with E-state index in [1.165, 1.54) is 22.8 Å². The Bertz CT molecular complexity index is 1400. The maximum atomic E-state index is 12.8. The van der Waals surface area contributed by atoms with Crippen LogP contribution in [0.15, 0.2) is 35.1 Å². The fourth-order valence-corrected chi connectivity index (χ4v) is 4.54. The molecule has 0 amide bonds. The Hall–Kier alpha value is -2.74. The number of halogens is 2. The van der Waals surface area contributed by atoms with Gasteiger partial charge in [-0.3, -0.25) is 9.59 Å². The van der Waals surface area contributed by atoms with Crippen molar-refractivity contribution in [3.05, 3.63) is 72.0 Å². The Morgan fingerprint density at radius 2 is 1.87 bits per heavy atom. The number of thiazole rings is 1. The molecule has 0 aliphatic heterocycles. The average Bonchev–Trinajstić information content (AvgIpc) is 3.18. The van der Waals surface area contributed by atoms with Crippen molar-refractivity contribution in [1.82, 2.24) is 14.6 Å². The Labute approximate surface area is 185 Å². The minimum absolute atomic E-state index is 0.266. The van der Waals surface area contributed by atoms with Gasteiger partial charge in [0.05, 0.1) is 9.55 Å². The van der Waals surface area contributed by atoms with Gasteiger partial charge >= 0.3 is 5.97 Å². The SMILES string of the molecule is CC(=O)Oc1c(C)cc(C=c2sc3nc(-c4ccc(Cl)cc4Cl)nn3c2=O)cc1C. The smallest absolute Gasteiger partial charge is 0.308 e. The fraction of sp³-hybridized carbons (Fsp3) is 0.143. The molecule has 0 saturated carbocycles. The Balaban J connectivity index is 1.77. The van der Waals surface area contributed by atoms with E-state index in [0.29, 0.717) is 36.7 Å². The molecule has 30 heavy (non-hydrogen) atoms. The van der Waals surface area contributed by atoms with Gasteiger partial charge in [0.1, 0.15) is 5.75 Å². The van der Waals surface area contributed by atoms with E-state index in [1.807, 2.05) is 26.0 Å².